The molecule has 3 aromatic rings. The van der Waals surface area contributed by atoms with E-state index in [0.717, 1.165) is 29.1 Å². The summed E-state index contributed by atoms with van der Waals surface area (Å²) in [4.78, 5) is 21.1. The predicted octanol–water partition coefficient (Wildman–Crippen LogP) is 6.01. The van der Waals surface area contributed by atoms with Gasteiger partial charge < -0.3 is 0 Å². The molecule has 0 radical (unpaired) electrons. The summed E-state index contributed by atoms with van der Waals surface area (Å²) in [6.45, 7) is 0. The summed E-state index contributed by atoms with van der Waals surface area (Å²) in [5, 5.41) is 22.4. The number of nitro benzene ring substituents is 2. The average molecular weight is 455 g/mol. The Kier molecular flexibility index (Phi) is 5.70. The lowest BCUT2D eigenvalue weighted by atomic mass is 9.59. The van der Waals surface area contributed by atoms with Gasteiger partial charge in [0.1, 0.15) is 16.5 Å². The summed E-state index contributed by atoms with van der Waals surface area (Å²) in [5.74, 6) is -0.784. The Morgan fingerprint density at radius 1 is 0.844 bits per heavy atom. The van der Waals surface area contributed by atoms with Gasteiger partial charge in [-0.2, -0.15) is 0 Å². The van der Waals surface area contributed by atoms with Crippen LogP contribution < -0.4 is 0 Å². The molecule has 3 aromatic carbocycles. The van der Waals surface area contributed by atoms with Crippen molar-refractivity contribution < 1.29 is 18.6 Å². The largest absolute Gasteiger partial charge is 0.291 e. The maximum atomic E-state index is 13.5. The minimum Gasteiger partial charge on any atom is -0.258 e. The van der Waals surface area contributed by atoms with Crippen LogP contribution in [0.15, 0.2) is 76.0 Å². The Bertz CT molecular complexity index is 1190. The second kappa shape index (κ2) is 8.46. The highest BCUT2D eigenvalue weighted by Gasteiger charge is 2.47. The van der Waals surface area contributed by atoms with Crippen molar-refractivity contribution in [1.82, 2.24) is 0 Å². The van der Waals surface area contributed by atoms with Crippen LogP contribution in [0, 0.1) is 31.9 Å². The molecule has 0 aromatic heterocycles. The quantitative estimate of drug-likeness (QED) is 0.258. The standard InChI is InChI=1S/C22H15F2N3O4S/c23-16-5-1-14(2-6-16)22(15-3-7-17(24)8-4-15)12-11-21(22)25-32-20-10-9-18(26(28)29)13-19(20)27(30)31/h1-10,13H,11-12H2/b25-21+. The molecule has 0 bridgehead atoms. The first kappa shape index (κ1) is 21.6. The molecule has 0 spiro atoms. The van der Waals surface area contributed by atoms with Gasteiger partial charge in [-0.3, -0.25) is 20.2 Å². The van der Waals surface area contributed by atoms with E-state index in [-0.39, 0.29) is 10.6 Å². The van der Waals surface area contributed by atoms with Crippen molar-refractivity contribution in [2.75, 3.05) is 0 Å². The van der Waals surface area contributed by atoms with Crippen LogP contribution in [0.1, 0.15) is 24.0 Å². The van der Waals surface area contributed by atoms with Crippen molar-refractivity contribution in [2.45, 2.75) is 23.2 Å². The number of benzene rings is 3. The van der Waals surface area contributed by atoms with Crippen LogP contribution >= 0.6 is 11.9 Å². The summed E-state index contributed by atoms with van der Waals surface area (Å²) >= 11 is 0.853. The molecular formula is C22H15F2N3O4S. The van der Waals surface area contributed by atoms with Crippen molar-refractivity contribution >= 4 is 29.0 Å². The molecule has 1 fully saturated rings. The van der Waals surface area contributed by atoms with Gasteiger partial charge in [0.2, 0.25) is 0 Å². The highest BCUT2D eigenvalue weighted by molar-refractivity contribution is 7.98. The molecule has 1 aliphatic carbocycles. The maximum absolute atomic E-state index is 13.5. The molecular weight excluding hydrogens is 440 g/mol. The first-order valence-corrected chi connectivity index (χ1v) is 10.3. The molecule has 0 aliphatic heterocycles. The van der Waals surface area contributed by atoms with E-state index in [1.54, 1.807) is 24.3 Å². The van der Waals surface area contributed by atoms with Gasteiger partial charge in [0.25, 0.3) is 11.4 Å². The predicted molar refractivity (Wildman–Crippen MR) is 116 cm³/mol. The zero-order valence-electron chi connectivity index (χ0n) is 16.4. The van der Waals surface area contributed by atoms with E-state index in [1.165, 1.54) is 36.4 Å². The molecule has 7 nitrogen and oxygen atoms in total. The van der Waals surface area contributed by atoms with Gasteiger partial charge >= 0.3 is 0 Å². The fraction of sp³-hybridized carbons (Fsp3) is 0.136. The third-order valence-electron chi connectivity index (χ3n) is 5.51. The summed E-state index contributed by atoms with van der Waals surface area (Å²) in [6.07, 6.45) is 1.23. The second-order valence-electron chi connectivity index (χ2n) is 7.21. The second-order valence-corrected chi connectivity index (χ2v) is 8.02. The molecule has 0 amide bonds. The lowest BCUT2D eigenvalue weighted by Gasteiger charge is -2.44. The van der Waals surface area contributed by atoms with E-state index >= 15 is 0 Å². The Labute approximate surface area is 185 Å². The molecule has 4 rings (SSSR count). The maximum Gasteiger partial charge on any atom is 0.291 e. The molecule has 32 heavy (non-hydrogen) atoms. The van der Waals surface area contributed by atoms with Crippen molar-refractivity contribution in [3.05, 3.63) is 110 Å². The van der Waals surface area contributed by atoms with Gasteiger partial charge in [0.05, 0.1) is 21.3 Å². The first-order valence-electron chi connectivity index (χ1n) is 9.50. The summed E-state index contributed by atoms with van der Waals surface area (Å²) < 4.78 is 31.6. The lowest BCUT2D eigenvalue weighted by molar-refractivity contribution is -0.396. The Balaban J connectivity index is 1.75. The molecule has 1 saturated carbocycles. The monoisotopic (exact) mass is 455 g/mol. The van der Waals surface area contributed by atoms with E-state index in [1.807, 2.05) is 0 Å². The SMILES string of the molecule is O=[N+]([O-])c1ccc(S/N=C2\CCC2(c2ccc(F)cc2)c2ccc(F)cc2)c([N+](=O)[O-])c1. The highest BCUT2D eigenvalue weighted by atomic mass is 32.2. The van der Waals surface area contributed by atoms with Gasteiger partial charge in [-0.1, -0.05) is 24.3 Å². The van der Waals surface area contributed by atoms with E-state index in [2.05, 4.69) is 4.40 Å². The minimum atomic E-state index is -0.718. The van der Waals surface area contributed by atoms with Crippen molar-refractivity contribution in [1.29, 1.82) is 0 Å². The number of halogens is 2. The number of hydrogen-bond donors (Lipinski definition) is 0. The summed E-state index contributed by atoms with van der Waals surface area (Å²) in [6, 6.07) is 15.3. The first-order chi connectivity index (χ1) is 15.3. The van der Waals surface area contributed by atoms with Crippen molar-refractivity contribution in [2.24, 2.45) is 4.40 Å². The summed E-state index contributed by atoms with van der Waals surface area (Å²) in [7, 11) is 0. The lowest BCUT2D eigenvalue weighted by Crippen LogP contribution is -2.46. The Hall–Kier alpha value is -3.66. The molecule has 162 valence electrons. The van der Waals surface area contributed by atoms with Crippen LogP contribution in [0.25, 0.3) is 0 Å². The normalized spacial score (nSPS) is 15.9. The average Bonchev–Trinajstić information content (AvgIpc) is 2.76. The van der Waals surface area contributed by atoms with E-state index in [9.17, 15) is 29.0 Å². The van der Waals surface area contributed by atoms with Crippen LogP contribution in [0.3, 0.4) is 0 Å². The van der Waals surface area contributed by atoms with Crippen LogP contribution in [0.4, 0.5) is 20.2 Å². The molecule has 0 atom stereocenters. The fourth-order valence-corrected chi connectivity index (χ4v) is 4.62. The molecule has 10 heteroatoms. The molecule has 0 saturated heterocycles. The van der Waals surface area contributed by atoms with Crippen LogP contribution in [0.2, 0.25) is 0 Å². The number of hydrogen-bond acceptors (Lipinski definition) is 6. The third-order valence-corrected chi connectivity index (χ3v) is 6.36. The highest BCUT2D eigenvalue weighted by Crippen LogP contribution is 2.48. The minimum absolute atomic E-state index is 0.159. The topological polar surface area (TPSA) is 98.6 Å². The van der Waals surface area contributed by atoms with Gasteiger partial charge in [0.15, 0.2) is 0 Å². The third kappa shape index (κ3) is 3.84. The smallest absolute Gasteiger partial charge is 0.258 e. The number of nitrogens with zero attached hydrogens (tertiary/aromatic N) is 3. The fourth-order valence-electron chi connectivity index (χ4n) is 3.81. The molecule has 1 aliphatic rings. The van der Waals surface area contributed by atoms with Crippen molar-refractivity contribution in [3.8, 4) is 0 Å². The van der Waals surface area contributed by atoms with Crippen LogP contribution in [-0.2, 0) is 5.41 Å². The zero-order valence-corrected chi connectivity index (χ0v) is 17.2. The molecule has 0 heterocycles. The van der Waals surface area contributed by atoms with Crippen LogP contribution in [-0.4, -0.2) is 15.6 Å². The molecule has 0 unspecified atom stereocenters. The van der Waals surface area contributed by atoms with Gasteiger partial charge in [-0.15, -0.1) is 0 Å². The van der Waals surface area contributed by atoms with Gasteiger partial charge in [0, 0.05) is 23.7 Å². The summed E-state index contributed by atoms with van der Waals surface area (Å²) in [5.41, 5.74) is 0.715. The number of nitro groups is 2. The zero-order chi connectivity index (χ0) is 22.9. The van der Waals surface area contributed by atoms with Gasteiger partial charge in [-0.25, -0.2) is 13.2 Å². The number of non-ortho nitro benzene ring substituents is 1. The Morgan fingerprint density at radius 2 is 1.41 bits per heavy atom. The van der Waals surface area contributed by atoms with Crippen LogP contribution in [0.5, 0.6) is 0 Å². The van der Waals surface area contributed by atoms with E-state index in [4.69, 9.17) is 0 Å². The number of rotatable bonds is 6. The molecule has 0 N–H and O–H groups in total. The van der Waals surface area contributed by atoms with E-state index < -0.39 is 32.6 Å². The van der Waals surface area contributed by atoms with Crippen molar-refractivity contribution in [3.63, 3.8) is 0 Å². The Morgan fingerprint density at radius 3 is 1.84 bits per heavy atom. The van der Waals surface area contributed by atoms with Gasteiger partial charge in [-0.05, 0) is 54.3 Å². The van der Waals surface area contributed by atoms with E-state index in [0.29, 0.717) is 18.6 Å².